The van der Waals surface area contributed by atoms with E-state index in [1.165, 1.54) is 18.2 Å². The summed E-state index contributed by atoms with van der Waals surface area (Å²) in [5, 5.41) is 2.75. The summed E-state index contributed by atoms with van der Waals surface area (Å²) in [7, 11) is 1.57. The Bertz CT molecular complexity index is 1700. The van der Waals surface area contributed by atoms with Crippen molar-refractivity contribution in [1.82, 2.24) is 10.2 Å². The third-order valence-electron chi connectivity index (χ3n) is 7.80. The molecule has 10 heteroatoms. The van der Waals surface area contributed by atoms with Crippen LogP contribution in [0.15, 0.2) is 78.9 Å². The highest BCUT2D eigenvalue weighted by atomic mass is 35.5. The van der Waals surface area contributed by atoms with Crippen LogP contribution in [0.1, 0.15) is 55.4 Å². The number of nitrogens with zero attached hydrogens (tertiary/aromatic N) is 1. The van der Waals surface area contributed by atoms with Crippen LogP contribution in [-0.4, -0.2) is 43.5 Å². The second kappa shape index (κ2) is 13.4. The van der Waals surface area contributed by atoms with Crippen molar-refractivity contribution >= 4 is 24.2 Å². The topological polar surface area (TPSA) is 103 Å². The summed E-state index contributed by atoms with van der Waals surface area (Å²) < 4.78 is 32.3. The molecule has 0 saturated heterocycles. The fraction of sp³-hybridized carbons (Fsp3) is 0.235. The van der Waals surface area contributed by atoms with Crippen molar-refractivity contribution in [3.05, 3.63) is 118 Å². The van der Waals surface area contributed by atoms with Gasteiger partial charge >= 0.3 is 0 Å². The normalized spacial score (nSPS) is 15.9. The molecule has 0 spiro atoms. The summed E-state index contributed by atoms with van der Waals surface area (Å²) in [4.78, 5) is 28.6. The third kappa shape index (κ3) is 6.20. The van der Waals surface area contributed by atoms with Crippen LogP contribution in [0, 0.1) is 5.82 Å². The fourth-order valence-corrected chi connectivity index (χ4v) is 5.65. The van der Waals surface area contributed by atoms with Crippen LogP contribution < -0.4 is 25.3 Å². The van der Waals surface area contributed by atoms with Gasteiger partial charge in [-0.05, 0) is 89.7 Å². The molecular formula is C34H33ClFN3O5. The van der Waals surface area contributed by atoms with Crippen LogP contribution in [0.25, 0.3) is 0 Å². The van der Waals surface area contributed by atoms with E-state index >= 15 is 0 Å². The van der Waals surface area contributed by atoms with Crippen LogP contribution >= 0.6 is 12.4 Å². The molecule has 4 aromatic carbocycles. The molecule has 3 aliphatic rings. The first-order chi connectivity index (χ1) is 20.9. The molecule has 7 rings (SSSR count). The minimum Gasteiger partial charge on any atom is -0.493 e. The lowest BCUT2D eigenvalue weighted by Crippen LogP contribution is -2.40. The van der Waals surface area contributed by atoms with E-state index in [2.05, 4.69) is 5.32 Å². The van der Waals surface area contributed by atoms with Crippen molar-refractivity contribution in [3.8, 4) is 23.0 Å². The Labute approximate surface area is 261 Å². The van der Waals surface area contributed by atoms with E-state index in [0.717, 1.165) is 22.3 Å². The summed E-state index contributed by atoms with van der Waals surface area (Å²) in [6.07, 6.45) is 1.08. The Hall–Kier alpha value is -4.60. The quantitative estimate of drug-likeness (QED) is 0.301. The summed E-state index contributed by atoms with van der Waals surface area (Å²) in [6, 6.07) is 22.5. The average Bonchev–Trinajstić information content (AvgIpc) is 3.04. The zero-order valence-corrected chi connectivity index (χ0v) is 25.0. The summed E-state index contributed by atoms with van der Waals surface area (Å²) in [6.45, 7) is 1.37. The van der Waals surface area contributed by atoms with Crippen molar-refractivity contribution in [2.45, 2.75) is 25.4 Å². The number of ether oxygens (including phenoxy) is 3. The lowest BCUT2D eigenvalue weighted by molar-refractivity contribution is 0.0694. The predicted octanol–water partition coefficient (Wildman–Crippen LogP) is 5.81. The highest BCUT2D eigenvalue weighted by Crippen LogP contribution is 2.41. The van der Waals surface area contributed by atoms with Gasteiger partial charge in [0.25, 0.3) is 11.8 Å². The molecule has 0 aromatic heterocycles. The predicted molar refractivity (Wildman–Crippen MR) is 167 cm³/mol. The number of amides is 2. The molecule has 8 nitrogen and oxygen atoms in total. The average molecular weight is 618 g/mol. The number of fused-ring (bicyclic) bond motifs is 6. The molecule has 2 amide bonds. The first kappa shape index (κ1) is 30.8. The van der Waals surface area contributed by atoms with E-state index in [-0.39, 0.29) is 37.0 Å². The Balaban J connectivity index is 0.00000384. The molecule has 0 aliphatic carbocycles. The van der Waals surface area contributed by atoms with Crippen molar-refractivity contribution in [2.75, 3.05) is 26.8 Å². The molecule has 1 atom stereocenters. The molecule has 8 bridgehead atoms. The maximum atomic E-state index is 14.5. The number of carbonyl (C=O) groups is 2. The zero-order valence-electron chi connectivity index (χ0n) is 24.2. The first-order valence-corrected chi connectivity index (χ1v) is 14.2. The number of hydrogen-bond donors (Lipinski definition) is 2. The first-order valence-electron chi connectivity index (χ1n) is 14.2. The Morgan fingerprint density at radius 1 is 1.07 bits per heavy atom. The van der Waals surface area contributed by atoms with Crippen LogP contribution in [0.5, 0.6) is 23.0 Å². The van der Waals surface area contributed by atoms with Gasteiger partial charge in [-0.25, -0.2) is 4.39 Å². The Kier molecular flexibility index (Phi) is 9.37. The van der Waals surface area contributed by atoms with Gasteiger partial charge in [-0.1, -0.05) is 24.3 Å². The number of carbonyl (C=O) groups excluding carboxylic acids is 2. The van der Waals surface area contributed by atoms with Gasteiger partial charge < -0.3 is 30.2 Å². The second-order valence-electron chi connectivity index (χ2n) is 10.5. The second-order valence-corrected chi connectivity index (χ2v) is 10.5. The Morgan fingerprint density at radius 2 is 1.89 bits per heavy atom. The van der Waals surface area contributed by atoms with Crippen LogP contribution in [0.2, 0.25) is 0 Å². The number of hydrogen-bond acceptors (Lipinski definition) is 6. The van der Waals surface area contributed by atoms with E-state index in [9.17, 15) is 14.0 Å². The molecule has 0 saturated carbocycles. The molecule has 1 unspecified atom stereocenters. The number of nitrogens with one attached hydrogen (secondary N) is 1. The van der Waals surface area contributed by atoms with E-state index in [0.29, 0.717) is 54.5 Å². The molecule has 228 valence electrons. The number of halogens is 2. The van der Waals surface area contributed by atoms with Crippen molar-refractivity contribution in [3.63, 3.8) is 0 Å². The zero-order chi connectivity index (χ0) is 29.9. The lowest BCUT2D eigenvalue weighted by Gasteiger charge is -2.38. The fourth-order valence-electron chi connectivity index (χ4n) is 5.65. The molecule has 3 aliphatic heterocycles. The highest BCUT2D eigenvalue weighted by Gasteiger charge is 2.34. The minimum absolute atomic E-state index is 0. The van der Waals surface area contributed by atoms with E-state index in [1.54, 1.807) is 7.11 Å². The summed E-state index contributed by atoms with van der Waals surface area (Å²) in [5.74, 6) is 0.711. The minimum atomic E-state index is -0.632. The monoisotopic (exact) mass is 617 g/mol. The van der Waals surface area contributed by atoms with Gasteiger partial charge in [0.1, 0.15) is 17.3 Å². The van der Waals surface area contributed by atoms with Gasteiger partial charge in [-0.15, -0.1) is 12.4 Å². The standard InChI is InChI=1S/C34H32FN3O5.ClH/c1-41-30-11-6-23-18-31(30)42-15-3-13-37-33(39)28-19-26(8-10-29(28)35)43-25-7-9-27-22(17-25)12-14-38(32(23)27)34(40)24-5-2-4-21(16-24)20-36;/h2,4-11,16-19,32H,3,12-15,20,36H2,1H3,(H,37,39);1H. The molecule has 3 heterocycles. The number of benzene rings is 4. The van der Waals surface area contributed by atoms with Gasteiger partial charge in [0.05, 0.1) is 25.3 Å². The summed E-state index contributed by atoms with van der Waals surface area (Å²) >= 11 is 0. The Morgan fingerprint density at radius 3 is 2.70 bits per heavy atom. The van der Waals surface area contributed by atoms with Crippen molar-refractivity contribution < 1.29 is 28.2 Å². The molecule has 0 fully saturated rings. The lowest BCUT2D eigenvalue weighted by atomic mass is 9.87. The number of rotatable bonds is 3. The molecule has 0 radical (unpaired) electrons. The van der Waals surface area contributed by atoms with Crippen LogP contribution in [-0.2, 0) is 13.0 Å². The number of methoxy groups -OCH3 is 1. The summed E-state index contributed by atoms with van der Waals surface area (Å²) in [5.41, 5.74) is 10.1. The van der Waals surface area contributed by atoms with E-state index in [1.807, 2.05) is 65.6 Å². The number of nitrogens with two attached hydrogens (primary N) is 1. The van der Waals surface area contributed by atoms with Crippen LogP contribution in [0.4, 0.5) is 4.39 Å². The van der Waals surface area contributed by atoms with Gasteiger partial charge in [-0.2, -0.15) is 0 Å². The van der Waals surface area contributed by atoms with Gasteiger partial charge in [0.2, 0.25) is 0 Å². The van der Waals surface area contributed by atoms with Gasteiger partial charge in [-0.3, -0.25) is 9.59 Å². The molecule has 4 aromatic rings. The van der Waals surface area contributed by atoms with Gasteiger partial charge in [0.15, 0.2) is 11.5 Å². The van der Waals surface area contributed by atoms with Crippen molar-refractivity contribution in [1.29, 1.82) is 0 Å². The van der Waals surface area contributed by atoms with Crippen molar-refractivity contribution in [2.24, 2.45) is 5.73 Å². The molecular weight excluding hydrogens is 585 g/mol. The highest BCUT2D eigenvalue weighted by molar-refractivity contribution is 5.95. The largest absolute Gasteiger partial charge is 0.493 e. The van der Waals surface area contributed by atoms with Crippen LogP contribution in [0.3, 0.4) is 0 Å². The molecule has 3 N–H and O–H groups in total. The van der Waals surface area contributed by atoms with E-state index < -0.39 is 17.8 Å². The third-order valence-corrected chi connectivity index (χ3v) is 7.80. The maximum absolute atomic E-state index is 14.5. The molecule has 44 heavy (non-hydrogen) atoms. The smallest absolute Gasteiger partial charge is 0.254 e. The maximum Gasteiger partial charge on any atom is 0.254 e. The van der Waals surface area contributed by atoms with E-state index in [4.69, 9.17) is 19.9 Å². The SMILES string of the molecule is COc1ccc2cc1OCCCNC(=O)c1cc(ccc1F)Oc1ccc3c(c1)CCN(C(=O)c1cccc(CN)c1)C23.Cl. The van der Waals surface area contributed by atoms with Gasteiger partial charge in [0, 0.05) is 25.2 Å².